The van der Waals surface area contributed by atoms with Crippen molar-refractivity contribution in [3.63, 3.8) is 0 Å². The first kappa shape index (κ1) is 14.9. The molecule has 0 aliphatic heterocycles. The largest absolute Gasteiger partial charge is 0.306 e. The summed E-state index contributed by atoms with van der Waals surface area (Å²) < 4.78 is 0. The van der Waals surface area contributed by atoms with E-state index >= 15 is 0 Å². The molecule has 2 rings (SSSR count). The Morgan fingerprint density at radius 3 is 2.58 bits per heavy atom. The van der Waals surface area contributed by atoms with Gasteiger partial charge in [0.2, 0.25) is 0 Å². The third kappa shape index (κ3) is 3.32. The topological polar surface area (TPSA) is 12.0 Å². The molecule has 0 saturated heterocycles. The van der Waals surface area contributed by atoms with E-state index in [2.05, 4.69) is 30.6 Å². The van der Waals surface area contributed by atoms with Crippen LogP contribution in [-0.4, -0.2) is 6.54 Å². The molecule has 1 N–H and O–H groups in total. The summed E-state index contributed by atoms with van der Waals surface area (Å²) >= 11 is 13.9. The summed E-state index contributed by atoms with van der Waals surface area (Å²) in [6.07, 6.45) is 1.04. The molecule has 4 heteroatoms. The summed E-state index contributed by atoms with van der Waals surface area (Å²) in [5.41, 5.74) is 2.55. The van der Waals surface area contributed by atoms with E-state index < -0.39 is 0 Å². The highest BCUT2D eigenvalue weighted by molar-refractivity contribution is 7.10. The number of hydrogen-bond donors (Lipinski definition) is 1. The van der Waals surface area contributed by atoms with Gasteiger partial charge in [0.1, 0.15) is 0 Å². The van der Waals surface area contributed by atoms with Crippen molar-refractivity contribution in [3.8, 4) is 0 Å². The molecule has 102 valence electrons. The van der Waals surface area contributed by atoms with Crippen LogP contribution in [0.5, 0.6) is 0 Å². The van der Waals surface area contributed by atoms with Gasteiger partial charge in [-0.15, -0.1) is 11.3 Å². The van der Waals surface area contributed by atoms with Crippen molar-refractivity contribution < 1.29 is 0 Å². The molecule has 0 fully saturated rings. The molecular formula is C15H17Cl2NS. The summed E-state index contributed by atoms with van der Waals surface area (Å²) in [5, 5.41) is 6.89. The molecule has 0 saturated carbocycles. The van der Waals surface area contributed by atoms with Crippen molar-refractivity contribution in [1.82, 2.24) is 5.32 Å². The van der Waals surface area contributed by atoms with Crippen molar-refractivity contribution in [1.29, 1.82) is 0 Å². The first-order chi connectivity index (χ1) is 9.17. The normalized spacial score (nSPS) is 12.6. The second kappa shape index (κ2) is 6.76. The fourth-order valence-electron chi connectivity index (χ4n) is 2.15. The molecule has 0 radical (unpaired) electrons. The van der Waals surface area contributed by atoms with Crippen LogP contribution in [0, 0.1) is 0 Å². The van der Waals surface area contributed by atoms with Crippen molar-refractivity contribution in [2.24, 2.45) is 0 Å². The quantitative estimate of drug-likeness (QED) is 0.788. The van der Waals surface area contributed by atoms with Crippen LogP contribution in [0.2, 0.25) is 10.0 Å². The Labute approximate surface area is 128 Å². The van der Waals surface area contributed by atoms with E-state index in [-0.39, 0.29) is 6.04 Å². The van der Waals surface area contributed by atoms with Crippen molar-refractivity contribution in [3.05, 3.63) is 55.7 Å². The molecule has 1 heterocycles. The van der Waals surface area contributed by atoms with Gasteiger partial charge in [-0.1, -0.05) is 43.1 Å². The molecule has 1 unspecified atom stereocenters. The van der Waals surface area contributed by atoms with Crippen LogP contribution in [0.4, 0.5) is 0 Å². The third-order valence-electron chi connectivity index (χ3n) is 3.11. The zero-order valence-corrected chi connectivity index (χ0v) is 13.4. The minimum absolute atomic E-state index is 0.190. The molecule has 1 aromatic carbocycles. The molecule has 0 spiro atoms. The summed E-state index contributed by atoms with van der Waals surface area (Å²) in [6.45, 7) is 5.21. The molecule has 1 atom stereocenters. The minimum atomic E-state index is 0.190. The minimum Gasteiger partial charge on any atom is -0.306 e. The van der Waals surface area contributed by atoms with Gasteiger partial charge in [0, 0.05) is 4.88 Å². The lowest BCUT2D eigenvalue weighted by Gasteiger charge is -2.19. The smallest absolute Gasteiger partial charge is 0.0674 e. The van der Waals surface area contributed by atoms with Crippen molar-refractivity contribution >= 4 is 34.5 Å². The lowest BCUT2D eigenvalue weighted by Crippen LogP contribution is -2.22. The Morgan fingerprint density at radius 1 is 1.16 bits per heavy atom. The standard InChI is InChI=1S/C15H17Cl2NS/c1-3-10-7-8-19-15(10)14(18-4-2)11-5-6-12(16)13(17)9-11/h5-9,14,18H,3-4H2,1-2H3. The molecule has 0 amide bonds. The number of thiophene rings is 1. The maximum Gasteiger partial charge on any atom is 0.0674 e. The number of aryl methyl sites for hydroxylation is 1. The van der Waals surface area contributed by atoms with Gasteiger partial charge in [-0.2, -0.15) is 0 Å². The van der Waals surface area contributed by atoms with Gasteiger partial charge in [-0.3, -0.25) is 0 Å². The van der Waals surface area contributed by atoms with Gasteiger partial charge in [0.15, 0.2) is 0 Å². The van der Waals surface area contributed by atoms with E-state index in [0.29, 0.717) is 10.0 Å². The van der Waals surface area contributed by atoms with Crippen LogP contribution in [0.25, 0.3) is 0 Å². The SMILES string of the molecule is CCNC(c1ccc(Cl)c(Cl)c1)c1sccc1CC. The molecule has 2 aromatic rings. The van der Waals surface area contributed by atoms with Gasteiger partial charge in [0.25, 0.3) is 0 Å². The Kier molecular flexibility index (Phi) is 5.28. The van der Waals surface area contributed by atoms with Gasteiger partial charge in [-0.25, -0.2) is 0 Å². The highest BCUT2D eigenvalue weighted by atomic mass is 35.5. The van der Waals surface area contributed by atoms with Gasteiger partial charge in [0.05, 0.1) is 16.1 Å². The lowest BCUT2D eigenvalue weighted by molar-refractivity contribution is 0.635. The predicted octanol–water partition coefficient (Wildman–Crippen LogP) is 5.32. The van der Waals surface area contributed by atoms with Crippen molar-refractivity contribution in [2.45, 2.75) is 26.3 Å². The van der Waals surface area contributed by atoms with Gasteiger partial charge < -0.3 is 5.32 Å². The van der Waals surface area contributed by atoms with Gasteiger partial charge >= 0.3 is 0 Å². The summed E-state index contributed by atoms with van der Waals surface area (Å²) in [7, 11) is 0. The Bertz CT molecular complexity index is 551. The molecule has 19 heavy (non-hydrogen) atoms. The Morgan fingerprint density at radius 2 is 1.95 bits per heavy atom. The zero-order valence-electron chi connectivity index (χ0n) is 11.0. The van der Waals surface area contributed by atoms with Crippen LogP contribution in [0.1, 0.15) is 35.9 Å². The average molecular weight is 314 g/mol. The van der Waals surface area contributed by atoms with E-state index in [0.717, 1.165) is 18.5 Å². The predicted molar refractivity (Wildman–Crippen MR) is 85.7 cm³/mol. The van der Waals surface area contributed by atoms with Crippen molar-refractivity contribution in [2.75, 3.05) is 6.54 Å². The van der Waals surface area contributed by atoms with Crippen LogP contribution in [-0.2, 0) is 6.42 Å². The number of rotatable bonds is 5. The number of halogens is 2. The molecule has 1 aromatic heterocycles. The van der Waals surface area contributed by atoms with Crippen LogP contribution < -0.4 is 5.32 Å². The summed E-state index contributed by atoms with van der Waals surface area (Å²) in [6, 6.07) is 8.25. The van der Waals surface area contributed by atoms with Crippen LogP contribution >= 0.6 is 34.5 Å². The number of hydrogen-bond acceptors (Lipinski definition) is 2. The van der Waals surface area contributed by atoms with E-state index in [1.165, 1.54) is 10.4 Å². The zero-order chi connectivity index (χ0) is 13.8. The third-order valence-corrected chi connectivity index (χ3v) is 4.87. The molecule has 0 aliphatic carbocycles. The van der Waals surface area contributed by atoms with E-state index in [9.17, 15) is 0 Å². The Hall–Kier alpha value is -0.540. The fraction of sp³-hybridized carbons (Fsp3) is 0.333. The molecule has 1 nitrogen and oxygen atoms in total. The fourth-order valence-corrected chi connectivity index (χ4v) is 3.56. The van der Waals surface area contributed by atoms with E-state index in [1.807, 2.05) is 18.2 Å². The van der Waals surface area contributed by atoms with E-state index in [4.69, 9.17) is 23.2 Å². The average Bonchev–Trinajstić information content (AvgIpc) is 2.87. The Balaban J connectivity index is 2.42. The van der Waals surface area contributed by atoms with Gasteiger partial charge in [-0.05, 0) is 47.7 Å². The first-order valence-electron chi connectivity index (χ1n) is 6.42. The van der Waals surface area contributed by atoms with Crippen LogP contribution in [0.15, 0.2) is 29.6 Å². The number of nitrogens with one attached hydrogen (secondary N) is 1. The summed E-state index contributed by atoms with van der Waals surface area (Å²) in [5.74, 6) is 0. The second-order valence-electron chi connectivity index (χ2n) is 4.33. The lowest BCUT2D eigenvalue weighted by atomic mass is 10.0. The number of benzene rings is 1. The molecule has 0 bridgehead atoms. The molecule has 0 aliphatic rings. The highest BCUT2D eigenvalue weighted by Gasteiger charge is 2.18. The second-order valence-corrected chi connectivity index (χ2v) is 6.09. The first-order valence-corrected chi connectivity index (χ1v) is 8.05. The maximum absolute atomic E-state index is 6.14. The van der Waals surface area contributed by atoms with E-state index in [1.54, 1.807) is 11.3 Å². The van der Waals surface area contributed by atoms with Crippen LogP contribution in [0.3, 0.4) is 0 Å². The monoisotopic (exact) mass is 313 g/mol. The highest BCUT2D eigenvalue weighted by Crippen LogP contribution is 2.33. The summed E-state index contributed by atoms with van der Waals surface area (Å²) in [4.78, 5) is 1.36. The maximum atomic E-state index is 6.14. The molecular weight excluding hydrogens is 297 g/mol.